The van der Waals surface area contributed by atoms with Gasteiger partial charge in [-0.15, -0.1) is 0 Å². The van der Waals surface area contributed by atoms with Gasteiger partial charge in [0.2, 0.25) is 0 Å². The Morgan fingerprint density at radius 3 is 2.93 bits per heavy atom. The van der Waals surface area contributed by atoms with Gasteiger partial charge in [-0.05, 0) is 32.2 Å². The van der Waals surface area contributed by atoms with Gasteiger partial charge in [-0.2, -0.15) is 0 Å². The predicted octanol–water partition coefficient (Wildman–Crippen LogP) is 1.57. The highest BCUT2D eigenvalue weighted by Gasteiger charge is 2.30. The van der Waals surface area contributed by atoms with Crippen molar-refractivity contribution in [1.82, 2.24) is 5.32 Å². The second-order valence-electron chi connectivity index (χ2n) is 4.81. The van der Waals surface area contributed by atoms with E-state index in [0.29, 0.717) is 12.0 Å². The Balaban J connectivity index is 1.48. The van der Waals surface area contributed by atoms with Crippen molar-refractivity contribution in [3.8, 4) is 0 Å². The topological polar surface area (TPSA) is 30.5 Å². The van der Waals surface area contributed by atoms with E-state index < -0.39 is 0 Å². The van der Waals surface area contributed by atoms with Crippen molar-refractivity contribution in [2.45, 2.75) is 44.8 Å². The fraction of sp³-hybridized carbons (Fsp3) is 1.00. The molecule has 0 spiro atoms. The van der Waals surface area contributed by atoms with Crippen molar-refractivity contribution in [2.24, 2.45) is 5.92 Å². The fourth-order valence-electron chi connectivity index (χ4n) is 2.20. The molecule has 0 radical (unpaired) electrons. The Labute approximate surface area is 92.5 Å². The van der Waals surface area contributed by atoms with Crippen LogP contribution in [0.25, 0.3) is 0 Å². The average Bonchev–Trinajstić information content (AvgIpc) is 2.67. The van der Waals surface area contributed by atoms with E-state index in [-0.39, 0.29) is 0 Å². The lowest BCUT2D eigenvalue weighted by molar-refractivity contribution is -0.0326. The molecular weight excluding hydrogens is 190 g/mol. The van der Waals surface area contributed by atoms with Crippen LogP contribution in [0.1, 0.15) is 32.6 Å². The molecule has 2 rings (SSSR count). The second-order valence-corrected chi connectivity index (χ2v) is 4.81. The molecular formula is C12H23NO2. The summed E-state index contributed by atoms with van der Waals surface area (Å²) in [6, 6.07) is 0.717. The smallest absolute Gasteiger partial charge is 0.0605 e. The van der Waals surface area contributed by atoms with Crippen molar-refractivity contribution in [3.05, 3.63) is 0 Å². The first-order valence-electron chi connectivity index (χ1n) is 6.31. The molecule has 88 valence electrons. The summed E-state index contributed by atoms with van der Waals surface area (Å²) in [7, 11) is 0. The zero-order valence-corrected chi connectivity index (χ0v) is 9.71. The fourth-order valence-corrected chi connectivity index (χ4v) is 2.20. The molecule has 0 aromatic heterocycles. The van der Waals surface area contributed by atoms with Crippen LogP contribution in [0.4, 0.5) is 0 Å². The first-order chi connectivity index (χ1) is 7.38. The average molecular weight is 213 g/mol. The van der Waals surface area contributed by atoms with E-state index in [1.54, 1.807) is 0 Å². The van der Waals surface area contributed by atoms with Crippen LogP contribution in [0.3, 0.4) is 0 Å². The quantitative estimate of drug-likeness (QED) is 0.726. The minimum atomic E-state index is 0.514. The van der Waals surface area contributed by atoms with Gasteiger partial charge in [-0.1, -0.05) is 6.92 Å². The van der Waals surface area contributed by atoms with Crippen LogP contribution in [0.5, 0.6) is 0 Å². The minimum absolute atomic E-state index is 0.514. The van der Waals surface area contributed by atoms with E-state index in [1.807, 2.05) is 0 Å². The molecule has 15 heavy (non-hydrogen) atoms. The van der Waals surface area contributed by atoms with Crippen LogP contribution >= 0.6 is 0 Å². The van der Waals surface area contributed by atoms with Crippen LogP contribution in [-0.4, -0.2) is 38.5 Å². The van der Waals surface area contributed by atoms with Gasteiger partial charge in [0.05, 0.1) is 19.3 Å². The molecule has 1 saturated heterocycles. The van der Waals surface area contributed by atoms with Gasteiger partial charge in [-0.25, -0.2) is 0 Å². The SMILES string of the molecule is CCCNC1CC(OCC2CCOC2)C1. The van der Waals surface area contributed by atoms with E-state index in [1.165, 1.54) is 25.7 Å². The van der Waals surface area contributed by atoms with Crippen molar-refractivity contribution < 1.29 is 9.47 Å². The summed E-state index contributed by atoms with van der Waals surface area (Å²) < 4.78 is 11.2. The molecule has 3 nitrogen and oxygen atoms in total. The molecule has 0 aromatic carbocycles. The molecule has 3 heteroatoms. The Morgan fingerprint density at radius 1 is 1.40 bits per heavy atom. The molecule has 0 bridgehead atoms. The molecule has 2 fully saturated rings. The highest BCUT2D eigenvalue weighted by molar-refractivity contribution is 4.86. The zero-order valence-electron chi connectivity index (χ0n) is 9.71. The van der Waals surface area contributed by atoms with Gasteiger partial charge in [-0.3, -0.25) is 0 Å². The summed E-state index contributed by atoms with van der Waals surface area (Å²) in [5.74, 6) is 0.660. The van der Waals surface area contributed by atoms with E-state index in [4.69, 9.17) is 9.47 Å². The van der Waals surface area contributed by atoms with Crippen LogP contribution in [0.15, 0.2) is 0 Å². The van der Waals surface area contributed by atoms with Crippen LogP contribution in [0.2, 0.25) is 0 Å². The lowest BCUT2D eigenvalue weighted by Gasteiger charge is -2.36. The summed E-state index contributed by atoms with van der Waals surface area (Å²) in [6.07, 6.45) is 5.33. The van der Waals surface area contributed by atoms with E-state index in [2.05, 4.69) is 12.2 Å². The Kier molecular flexibility index (Phi) is 4.42. The maximum absolute atomic E-state index is 5.85. The van der Waals surface area contributed by atoms with Crippen molar-refractivity contribution in [1.29, 1.82) is 0 Å². The minimum Gasteiger partial charge on any atom is -0.381 e. The zero-order chi connectivity index (χ0) is 10.5. The lowest BCUT2D eigenvalue weighted by Crippen LogP contribution is -2.46. The van der Waals surface area contributed by atoms with Gasteiger partial charge in [0, 0.05) is 18.6 Å². The van der Waals surface area contributed by atoms with Gasteiger partial charge >= 0.3 is 0 Å². The maximum Gasteiger partial charge on any atom is 0.0605 e. The van der Waals surface area contributed by atoms with Crippen molar-refractivity contribution in [2.75, 3.05) is 26.4 Å². The van der Waals surface area contributed by atoms with E-state index in [9.17, 15) is 0 Å². The van der Waals surface area contributed by atoms with Crippen LogP contribution in [0, 0.1) is 5.92 Å². The second kappa shape index (κ2) is 5.83. The normalized spacial score (nSPS) is 35.4. The van der Waals surface area contributed by atoms with E-state index in [0.717, 1.165) is 32.4 Å². The lowest BCUT2D eigenvalue weighted by atomic mass is 9.89. The highest BCUT2D eigenvalue weighted by atomic mass is 16.5. The molecule has 1 heterocycles. The van der Waals surface area contributed by atoms with Gasteiger partial charge in [0.1, 0.15) is 0 Å². The molecule has 0 amide bonds. The number of hydrogen-bond donors (Lipinski definition) is 1. The van der Waals surface area contributed by atoms with E-state index >= 15 is 0 Å². The molecule has 2 aliphatic rings. The predicted molar refractivity (Wildman–Crippen MR) is 60.0 cm³/mol. The van der Waals surface area contributed by atoms with Crippen molar-refractivity contribution in [3.63, 3.8) is 0 Å². The monoisotopic (exact) mass is 213 g/mol. The summed E-state index contributed by atoms with van der Waals surface area (Å²) in [4.78, 5) is 0. The highest BCUT2D eigenvalue weighted by Crippen LogP contribution is 2.25. The maximum atomic E-state index is 5.85. The number of hydrogen-bond acceptors (Lipinski definition) is 3. The Morgan fingerprint density at radius 2 is 2.27 bits per heavy atom. The number of rotatable bonds is 6. The molecule has 0 aromatic rings. The van der Waals surface area contributed by atoms with Gasteiger partial charge in [0.15, 0.2) is 0 Å². The molecule has 1 saturated carbocycles. The Hall–Kier alpha value is -0.120. The Bertz CT molecular complexity index is 174. The standard InChI is InChI=1S/C12H23NO2/c1-2-4-13-11-6-12(7-11)15-9-10-3-5-14-8-10/h10-13H,2-9H2,1H3. The number of nitrogens with one attached hydrogen (secondary N) is 1. The van der Waals surface area contributed by atoms with Crippen molar-refractivity contribution >= 4 is 0 Å². The molecule has 1 aliphatic heterocycles. The van der Waals surface area contributed by atoms with Gasteiger partial charge < -0.3 is 14.8 Å². The van der Waals surface area contributed by atoms with Crippen LogP contribution in [-0.2, 0) is 9.47 Å². The largest absolute Gasteiger partial charge is 0.381 e. The molecule has 1 aliphatic carbocycles. The third kappa shape index (κ3) is 3.44. The first-order valence-corrected chi connectivity index (χ1v) is 6.31. The summed E-state index contributed by atoms with van der Waals surface area (Å²) in [5.41, 5.74) is 0. The number of ether oxygens (including phenoxy) is 2. The molecule has 1 unspecified atom stereocenters. The molecule has 1 atom stereocenters. The third-order valence-electron chi connectivity index (χ3n) is 3.37. The first kappa shape index (κ1) is 11.4. The summed E-state index contributed by atoms with van der Waals surface area (Å²) >= 11 is 0. The summed E-state index contributed by atoms with van der Waals surface area (Å²) in [5, 5.41) is 3.52. The molecule has 1 N–H and O–H groups in total. The van der Waals surface area contributed by atoms with Gasteiger partial charge in [0.25, 0.3) is 0 Å². The summed E-state index contributed by atoms with van der Waals surface area (Å²) in [6.45, 7) is 6.10. The van der Waals surface area contributed by atoms with Crippen LogP contribution < -0.4 is 5.32 Å². The third-order valence-corrected chi connectivity index (χ3v) is 3.37.